The highest BCUT2D eigenvalue weighted by Crippen LogP contribution is 2.35. The lowest BCUT2D eigenvalue weighted by Gasteiger charge is -2.25. The smallest absolute Gasteiger partial charge is 0.230 e. The van der Waals surface area contributed by atoms with Gasteiger partial charge in [0.1, 0.15) is 0 Å². The molecular weight excluding hydrogens is 346 g/mol. The molecule has 26 heavy (non-hydrogen) atoms. The zero-order chi connectivity index (χ0) is 18.6. The fourth-order valence-electron chi connectivity index (χ4n) is 3.32. The molecule has 0 aliphatic heterocycles. The van der Waals surface area contributed by atoms with Crippen molar-refractivity contribution >= 4 is 17.7 Å². The van der Waals surface area contributed by atoms with Crippen molar-refractivity contribution in [2.24, 2.45) is 0 Å². The topological polar surface area (TPSA) is 72.7 Å². The second kappa shape index (κ2) is 8.20. The number of aromatic nitrogens is 4. The second-order valence-corrected chi connectivity index (χ2v) is 8.74. The number of carbonyl (C=O) groups is 1. The van der Waals surface area contributed by atoms with Gasteiger partial charge in [0.25, 0.3) is 0 Å². The fraction of sp³-hybridized carbons (Fsp3) is 0.579. The Kier molecular flexibility index (Phi) is 5.96. The van der Waals surface area contributed by atoms with Crippen LogP contribution in [-0.2, 0) is 4.79 Å². The molecule has 7 heteroatoms. The number of amides is 1. The van der Waals surface area contributed by atoms with Crippen molar-refractivity contribution in [1.29, 1.82) is 0 Å². The van der Waals surface area contributed by atoms with E-state index >= 15 is 0 Å². The minimum Gasteiger partial charge on any atom is -0.351 e. The first-order valence-corrected chi connectivity index (χ1v) is 10.2. The second-order valence-electron chi connectivity index (χ2n) is 7.80. The van der Waals surface area contributed by atoms with Crippen molar-refractivity contribution in [1.82, 2.24) is 25.1 Å². The molecule has 1 saturated carbocycles. The van der Waals surface area contributed by atoms with Gasteiger partial charge < -0.3 is 5.32 Å². The number of nitrogens with zero attached hydrogens (tertiary/aromatic N) is 4. The first-order valence-electron chi connectivity index (χ1n) is 9.23. The number of rotatable bonds is 5. The van der Waals surface area contributed by atoms with Crippen LogP contribution in [0.15, 0.2) is 29.7 Å². The molecule has 1 aliphatic rings. The van der Waals surface area contributed by atoms with Crippen LogP contribution in [0.3, 0.4) is 0 Å². The van der Waals surface area contributed by atoms with Gasteiger partial charge in [-0.1, -0.05) is 31.0 Å². The van der Waals surface area contributed by atoms with Crippen molar-refractivity contribution in [2.45, 2.75) is 69.6 Å². The Morgan fingerprint density at radius 2 is 2.04 bits per heavy atom. The van der Waals surface area contributed by atoms with E-state index in [1.807, 2.05) is 39.1 Å². The molecule has 0 atom stereocenters. The molecule has 2 heterocycles. The quantitative estimate of drug-likeness (QED) is 0.806. The molecule has 140 valence electrons. The van der Waals surface area contributed by atoms with E-state index in [1.54, 1.807) is 6.20 Å². The van der Waals surface area contributed by atoms with Crippen molar-refractivity contribution in [3.8, 4) is 11.4 Å². The van der Waals surface area contributed by atoms with Gasteiger partial charge in [0.05, 0.1) is 5.75 Å². The van der Waals surface area contributed by atoms with Gasteiger partial charge in [-0.2, -0.15) is 0 Å². The molecule has 6 nitrogen and oxygen atoms in total. The van der Waals surface area contributed by atoms with E-state index in [1.165, 1.54) is 31.0 Å². The maximum Gasteiger partial charge on any atom is 0.230 e. The summed E-state index contributed by atoms with van der Waals surface area (Å²) >= 11 is 1.46. The van der Waals surface area contributed by atoms with Crippen LogP contribution in [0.5, 0.6) is 0 Å². The minimum atomic E-state index is -0.227. The molecule has 1 amide bonds. The highest BCUT2D eigenvalue weighted by molar-refractivity contribution is 7.99. The van der Waals surface area contributed by atoms with Crippen molar-refractivity contribution in [3.05, 3.63) is 24.5 Å². The van der Waals surface area contributed by atoms with E-state index in [9.17, 15) is 4.79 Å². The summed E-state index contributed by atoms with van der Waals surface area (Å²) in [6, 6.07) is 4.32. The zero-order valence-electron chi connectivity index (χ0n) is 15.7. The molecule has 2 aromatic heterocycles. The molecule has 0 radical (unpaired) electrons. The number of hydrogen-bond donors (Lipinski definition) is 1. The number of pyridine rings is 1. The highest BCUT2D eigenvalue weighted by Gasteiger charge is 2.24. The maximum atomic E-state index is 12.2. The third kappa shape index (κ3) is 4.84. The fourth-order valence-corrected chi connectivity index (χ4v) is 4.13. The van der Waals surface area contributed by atoms with Crippen LogP contribution in [0, 0.1) is 0 Å². The van der Waals surface area contributed by atoms with Crippen LogP contribution in [0.1, 0.15) is 58.9 Å². The van der Waals surface area contributed by atoms with Crippen molar-refractivity contribution in [2.75, 3.05) is 5.75 Å². The van der Waals surface area contributed by atoms with Crippen LogP contribution in [-0.4, -0.2) is 36.9 Å². The van der Waals surface area contributed by atoms with Crippen LogP contribution < -0.4 is 5.32 Å². The van der Waals surface area contributed by atoms with Gasteiger partial charge in [0, 0.05) is 29.5 Å². The highest BCUT2D eigenvalue weighted by atomic mass is 32.2. The van der Waals surface area contributed by atoms with Crippen LogP contribution in [0.4, 0.5) is 0 Å². The Hall–Kier alpha value is -1.89. The number of nitrogens with one attached hydrogen (secondary N) is 1. The van der Waals surface area contributed by atoms with Gasteiger partial charge in [0.15, 0.2) is 11.0 Å². The van der Waals surface area contributed by atoms with E-state index in [2.05, 4.69) is 25.1 Å². The van der Waals surface area contributed by atoms with Gasteiger partial charge in [0.2, 0.25) is 5.91 Å². The predicted molar refractivity (Wildman–Crippen MR) is 104 cm³/mol. The summed E-state index contributed by atoms with van der Waals surface area (Å²) in [6.45, 7) is 5.96. The molecule has 0 spiro atoms. The van der Waals surface area contributed by atoms with Crippen LogP contribution in [0.25, 0.3) is 11.4 Å². The summed E-state index contributed by atoms with van der Waals surface area (Å²) in [7, 11) is 0. The summed E-state index contributed by atoms with van der Waals surface area (Å²) in [6.07, 6.45) is 9.59. The lowest BCUT2D eigenvalue weighted by atomic mass is 9.95. The summed E-state index contributed by atoms with van der Waals surface area (Å²) in [5, 5.41) is 12.7. The van der Waals surface area contributed by atoms with E-state index < -0.39 is 0 Å². The average Bonchev–Trinajstić information content (AvgIpc) is 3.04. The Balaban J connectivity index is 1.83. The van der Waals surface area contributed by atoms with Gasteiger partial charge in [-0.15, -0.1) is 10.2 Å². The summed E-state index contributed by atoms with van der Waals surface area (Å²) in [5.74, 6) is 1.21. The molecule has 2 aromatic rings. The molecule has 1 aliphatic carbocycles. The lowest BCUT2D eigenvalue weighted by Crippen LogP contribution is -2.41. The average molecular weight is 374 g/mol. The van der Waals surface area contributed by atoms with Gasteiger partial charge in [-0.3, -0.25) is 14.3 Å². The van der Waals surface area contributed by atoms with E-state index in [-0.39, 0.29) is 11.4 Å². The largest absolute Gasteiger partial charge is 0.351 e. The molecule has 0 unspecified atom stereocenters. The van der Waals surface area contributed by atoms with Crippen molar-refractivity contribution < 1.29 is 4.79 Å². The first-order chi connectivity index (χ1) is 12.4. The van der Waals surface area contributed by atoms with E-state index in [4.69, 9.17) is 0 Å². The Bertz CT molecular complexity index is 732. The van der Waals surface area contributed by atoms with E-state index in [0.717, 1.165) is 29.4 Å². The molecule has 0 bridgehead atoms. The maximum absolute atomic E-state index is 12.2. The minimum absolute atomic E-state index is 0.0172. The van der Waals surface area contributed by atoms with Gasteiger partial charge >= 0.3 is 0 Å². The Morgan fingerprint density at radius 1 is 1.27 bits per heavy atom. The summed E-state index contributed by atoms with van der Waals surface area (Å²) in [5.41, 5.74) is 0.742. The summed E-state index contributed by atoms with van der Waals surface area (Å²) in [4.78, 5) is 16.4. The standard InChI is InChI=1S/C19H27N5OS/c1-19(2,3)21-16(25)13-26-18-23-22-17(14-8-7-11-20-12-14)24(18)15-9-5-4-6-10-15/h7-8,11-12,15H,4-6,9-10,13H2,1-3H3,(H,21,25). The Labute approximate surface area is 159 Å². The molecule has 1 N–H and O–H groups in total. The molecule has 1 fully saturated rings. The first kappa shape index (κ1) is 18.9. The van der Waals surface area contributed by atoms with E-state index in [0.29, 0.717) is 11.8 Å². The molecule has 0 aromatic carbocycles. The zero-order valence-corrected chi connectivity index (χ0v) is 16.6. The third-order valence-corrected chi connectivity index (χ3v) is 5.31. The number of thioether (sulfide) groups is 1. The van der Waals surface area contributed by atoms with Gasteiger partial charge in [-0.25, -0.2) is 0 Å². The number of carbonyl (C=O) groups excluding carboxylic acids is 1. The number of hydrogen-bond acceptors (Lipinski definition) is 5. The van der Waals surface area contributed by atoms with Crippen LogP contribution >= 0.6 is 11.8 Å². The normalized spacial score (nSPS) is 15.8. The summed E-state index contributed by atoms with van der Waals surface area (Å²) < 4.78 is 2.23. The Morgan fingerprint density at radius 3 is 2.69 bits per heavy atom. The third-order valence-electron chi connectivity index (χ3n) is 4.37. The lowest BCUT2D eigenvalue weighted by molar-refractivity contribution is -0.119. The predicted octanol–water partition coefficient (Wildman–Crippen LogP) is 3.85. The molecular formula is C19H27N5OS. The molecule has 3 rings (SSSR count). The monoisotopic (exact) mass is 373 g/mol. The molecule has 0 saturated heterocycles. The SMILES string of the molecule is CC(C)(C)NC(=O)CSc1nnc(-c2cccnc2)n1C1CCCCC1. The van der Waals surface area contributed by atoms with Crippen LogP contribution in [0.2, 0.25) is 0 Å². The van der Waals surface area contributed by atoms with Crippen molar-refractivity contribution in [3.63, 3.8) is 0 Å². The van der Waals surface area contributed by atoms with Gasteiger partial charge in [-0.05, 0) is 45.7 Å².